The molecule has 134 valence electrons. The van der Waals surface area contributed by atoms with Crippen LogP contribution in [0.15, 0.2) is 42.5 Å². The summed E-state index contributed by atoms with van der Waals surface area (Å²) in [6, 6.07) is 12.5. The molecule has 0 radical (unpaired) electrons. The molecule has 3 N–H and O–H groups in total. The standard InChI is InChI=1S/C21H27NO3/c1-14-5-8-16(9-6-14)20(24)25-13-17-11-15(7-10-18(17)23)12-19(22)21(2,3)4/h5-11,19,23H,12-13,22H2,1-4H3. The molecular weight excluding hydrogens is 314 g/mol. The molecule has 2 aromatic rings. The van der Waals surface area contributed by atoms with E-state index in [-0.39, 0.29) is 23.8 Å². The van der Waals surface area contributed by atoms with Crippen LogP contribution in [0.4, 0.5) is 0 Å². The lowest BCUT2D eigenvalue weighted by molar-refractivity contribution is 0.0470. The fourth-order valence-corrected chi connectivity index (χ4v) is 2.36. The molecule has 0 aliphatic rings. The summed E-state index contributed by atoms with van der Waals surface area (Å²) >= 11 is 0. The quantitative estimate of drug-likeness (QED) is 0.807. The monoisotopic (exact) mass is 341 g/mol. The van der Waals surface area contributed by atoms with Crippen LogP contribution >= 0.6 is 0 Å². The molecule has 25 heavy (non-hydrogen) atoms. The molecule has 1 unspecified atom stereocenters. The highest BCUT2D eigenvalue weighted by Crippen LogP contribution is 2.24. The number of benzene rings is 2. The van der Waals surface area contributed by atoms with Gasteiger partial charge < -0.3 is 15.6 Å². The van der Waals surface area contributed by atoms with Crippen molar-refractivity contribution in [3.05, 3.63) is 64.7 Å². The van der Waals surface area contributed by atoms with Crippen LogP contribution in [0.1, 0.15) is 47.8 Å². The van der Waals surface area contributed by atoms with Crippen molar-refractivity contribution in [2.75, 3.05) is 0 Å². The second-order valence-electron chi connectivity index (χ2n) is 7.58. The second kappa shape index (κ2) is 7.70. The molecule has 4 heteroatoms. The van der Waals surface area contributed by atoms with E-state index >= 15 is 0 Å². The minimum atomic E-state index is -0.406. The van der Waals surface area contributed by atoms with Gasteiger partial charge in [0.25, 0.3) is 0 Å². The van der Waals surface area contributed by atoms with E-state index in [1.165, 1.54) is 0 Å². The van der Waals surface area contributed by atoms with Gasteiger partial charge in [0.15, 0.2) is 0 Å². The molecule has 0 aliphatic heterocycles. The normalized spacial score (nSPS) is 12.7. The number of aryl methyl sites for hydroxylation is 1. The van der Waals surface area contributed by atoms with Gasteiger partial charge in [-0.25, -0.2) is 4.79 Å². The Balaban J connectivity index is 2.05. The Hall–Kier alpha value is -2.33. The highest BCUT2D eigenvalue weighted by atomic mass is 16.5. The molecule has 0 saturated heterocycles. The summed E-state index contributed by atoms with van der Waals surface area (Å²) in [6.45, 7) is 8.28. The number of phenols is 1. The van der Waals surface area contributed by atoms with E-state index in [1.807, 2.05) is 31.2 Å². The number of nitrogens with two attached hydrogens (primary N) is 1. The summed E-state index contributed by atoms with van der Waals surface area (Å²) in [5.74, 6) is -0.291. The molecule has 0 amide bonds. The summed E-state index contributed by atoms with van der Waals surface area (Å²) in [5.41, 5.74) is 9.40. The van der Waals surface area contributed by atoms with E-state index < -0.39 is 5.97 Å². The van der Waals surface area contributed by atoms with Gasteiger partial charge >= 0.3 is 5.97 Å². The molecule has 0 fully saturated rings. The molecule has 2 rings (SSSR count). The first-order valence-corrected chi connectivity index (χ1v) is 8.47. The summed E-state index contributed by atoms with van der Waals surface area (Å²) in [6.07, 6.45) is 0.697. The maximum absolute atomic E-state index is 12.1. The molecule has 4 nitrogen and oxygen atoms in total. The summed E-state index contributed by atoms with van der Waals surface area (Å²) < 4.78 is 5.33. The largest absolute Gasteiger partial charge is 0.508 e. The maximum Gasteiger partial charge on any atom is 0.338 e. The van der Waals surface area contributed by atoms with Crippen LogP contribution in [0.3, 0.4) is 0 Å². The molecule has 0 saturated carbocycles. The van der Waals surface area contributed by atoms with E-state index in [0.29, 0.717) is 17.5 Å². The second-order valence-corrected chi connectivity index (χ2v) is 7.58. The number of hydrogen-bond donors (Lipinski definition) is 2. The number of aromatic hydroxyl groups is 1. The fourth-order valence-electron chi connectivity index (χ4n) is 2.36. The smallest absolute Gasteiger partial charge is 0.338 e. The number of phenolic OH excluding ortho intramolecular Hbond substituents is 1. The Labute approximate surface area is 149 Å². The predicted octanol–water partition coefficient (Wildman–Crippen LogP) is 3.97. The van der Waals surface area contributed by atoms with Gasteiger partial charge in [0.2, 0.25) is 0 Å². The molecule has 0 aliphatic carbocycles. The van der Waals surface area contributed by atoms with Crippen LogP contribution in [-0.4, -0.2) is 17.1 Å². The predicted molar refractivity (Wildman–Crippen MR) is 99.5 cm³/mol. The summed E-state index contributed by atoms with van der Waals surface area (Å²) in [5, 5.41) is 10.0. The minimum Gasteiger partial charge on any atom is -0.508 e. The Morgan fingerprint density at radius 2 is 1.80 bits per heavy atom. The third-order valence-corrected chi connectivity index (χ3v) is 4.36. The van der Waals surface area contributed by atoms with Crippen LogP contribution in [0.2, 0.25) is 0 Å². The van der Waals surface area contributed by atoms with E-state index in [4.69, 9.17) is 10.5 Å². The van der Waals surface area contributed by atoms with Crippen molar-refractivity contribution in [1.29, 1.82) is 0 Å². The molecule has 0 aromatic heterocycles. The van der Waals surface area contributed by atoms with Gasteiger partial charge in [0, 0.05) is 11.6 Å². The zero-order valence-corrected chi connectivity index (χ0v) is 15.4. The summed E-state index contributed by atoms with van der Waals surface area (Å²) in [7, 11) is 0. The molecule has 0 heterocycles. The van der Waals surface area contributed by atoms with Crippen LogP contribution in [0, 0.1) is 12.3 Å². The first-order chi connectivity index (χ1) is 11.7. The number of carbonyl (C=O) groups is 1. The van der Waals surface area contributed by atoms with Crippen molar-refractivity contribution in [1.82, 2.24) is 0 Å². The highest BCUT2D eigenvalue weighted by molar-refractivity contribution is 5.89. The topological polar surface area (TPSA) is 72.5 Å². The SMILES string of the molecule is Cc1ccc(C(=O)OCc2cc(CC(N)C(C)(C)C)ccc2O)cc1. The Morgan fingerprint density at radius 1 is 1.16 bits per heavy atom. The molecule has 0 spiro atoms. The van der Waals surface area contributed by atoms with Crippen molar-refractivity contribution in [2.24, 2.45) is 11.1 Å². The van der Waals surface area contributed by atoms with Gasteiger partial charge in [-0.05, 0) is 48.6 Å². The van der Waals surface area contributed by atoms with E-state index in [0.717, 1.165) is 11.1 Å². The highest BCUT2D eigenvalue weighted by Gasteiger charge is 2.21. The van der Waals surface area contributed by atoms with Crippen molar-refractivity contribution in [3.63, 3.8) is 0 Å². The Kier molecular flexibility index (Phi) is 5.85. The van der Waals surface area contributed by atoms with Crippen LogP contribution in [0.5, 0.6) is 5.75 Å². The lowest BCUT2D eigenvalue weighted by Crippen LogP contribution is -2.36. The van der Waals surface area contributed by atoms with Crippen molar-refractivity contribution < 1.29 is 14.6 Å². The lowest BCUT2D eigenvalue weighted by Gasteiger charge is -2.27. The molecule has 0 bridgehead atoms. The first kappa shape index (κ1) is 19.0. The maximum atomic E-state index is 12.1. The van der Waals surface area contributed by atoms with Crippen molar-refractivity contribution in [2.45, 2.75) is 46.8 Å². The van der Waals surface area contributed by atoms with Gasteiger partial charge in [-0.3, -0.25) is 0 Å². The average Bonchev–Trinajstić information content (AvgIpc) is 2.54. The number of carbonyl (C=O) groups excluding carboxylic acids is 1. The minimum absolute atomic E-state index is 0.00000146. The van der Waals surface area contributed by atoms with Crippen LogP contribution in [-0.2, 0) is 17.8 Å². The third-order valence-electron chi connectivity index (χ3n) is 4.36. The molecular formula is C21H27NO3. The lowest BCUT2D eigenvalue weighted by atomic mass is 9.83. The van der Waals surface area contributed by atoms with Gasteiger partial charge in [-0.1, -0.05) is 44.5 Å². The number of rotatable bonds is 5. The Bertz CT molecular complexity index is 730. The molecule has 1 atom stereocenters. The van der Waals surface area contributed by atoms with Crippen molar-refractivity contribution >= 4 is 5.97 Å². The molecule has 2 aromatic carbocycles. The van der Waals surface area contributed by atoms with E-state index in [2.05, 4.69) is 20.8 Å². The number of esters is 1. The van der Waals surface area contributed by atoms with E-state index in [9.17, 15) is 9.90 Å². The summed E-state index contributed by atoms with van der Waals surface area (Å²) in [4.78, 5) is 12.1. The van der Waals surface area contributed by atoms with E-state index in [1.54, 1.807) is 18.2 Å². The van der Waals surface area contributed by atoms with Crippen LogP contribution < -0.4 is 5.73 Å². The fraction of sp³-hybridized carbons (Fsp3) is 0.381. The van der Waals surface area contributed by atoms with Gasteiger partial charge in [0.05, 0.1) is 5.56 Å². The zero-order valence-electron chi connectivity index (χ0n) is 15.4. The van der Waals surface area contributed by atoms with Gasteiger partial charge in [0.1, 0.15) is 12.4 Å². The Morgan fingerprint density at radius 3 is 2.40 bits per heavy atom. The van der Waals surface area contributed by atoms with Gasteiger partial charge in [-0.15, -0.1) is 0 Å². The third kappa shape index (κ3) is 5.33. The van der Waals surface area contributed by atoms with Crippen LogP contribution in [0.25, 0.3) is 0 Å². The average molecular weight is 341 g/mol. The number of ether oxygens (including phenoxy) is 1. The number of hydrogen-bond acceptors (Lipinski definition) is 4. The zero-order chi connectivity index (χ0) is 18.6. The van der Waals surface area contributed by atoms with Crippen molar-refractivity contribution in [3.8, 4) is 5.75 Å². The first-order valence-electron chi connectivity index (χ1n) is 8.47. The van der Waals surface area contributed by atoms with Gasteiger partial charge in [-0.2, -0.15) is 0 Å².